The van der Waals surface area contributed by atoms with Gasteiger partial charge in [-0.2, -0.15) is 13.2 Å². The summed E-state index contributed by atoms with van der Waals surface area (Å²) >= 11 is 0. The molecule has 0 saturated carbocycles. The number of likely N-dealkylation sites (tertiary alicyclic amines) is 1. The number of aliphatic imine (C=N–C) groups is 2. The Balaban J connectivity index is 1.51. The van der Waals surface area contributed by atoms with Gasteiger partial charge < -0.3 is 19.3 Å². The number of methoxy groups -OCH3 is 2. The molecule has 0 aromatic heterocycles. The minimum absolute atomic E-state index is 0.151. The molecule has 2 atom stereocenters. The van der Waals surface area contributed by atoms with Crippen LogP contribution < -0.4 is 14.4 Å². The van der Waals surface area contributed by atoms with Crippen molar-refractivity contribution in [3.63, 3.8) is 0 Å². The van der Waals surface area contributed by atoms with Crippen LogP contribution in [0.2, 0.25) is 0 Å². The van der Waals surface area contributed by atoms with Crippen LogP contribution >= 0.6 is 0 Å². The van der Waals surface area contributed by atoms with Crippen molar-refractivity contribution >= 4 is 28.6 Å². The molecule has 2 saturated heterocycles. The number of sulfonamides is 1. The fraction of sp³-hybridized carbons (Fsp3) is 0.450. The lowest BCUT2D eigenvalue weighted by molar-refractivity contribution is -0.137. The lowest BCUT2D eigenvalue weighted by atomic mass is 9.80. The van der Waals surface area contributed by atoms with E-state index in [1.807, 2.05) is 19.0 Å². The predicted molar refractivity (Wildman–Crippen MR) is 208 cm³/mol. The molecule has 3 aromatic carbocycles. The third-order valence-corrected chi connectivity index (χ3v) is 12.6. The maximum Gasteiger partial charge on any atom is 0.416 e. The molecule has 2 heterocycles. The van der Waals surface area contributed by atoms with Gasteiger partial charge in [0.25, 0.3) is 10.0 Å². The van der Waals surface area contributed by atoms with Crippen LogP contribution in [0.1, 0.15) is 42.4 Å². The summed E-state index contributed by atoms with van der Waals surface area (Å²) in [6, 6.07) is 12.2. The molecule has 0 unspecified atom stereocenters. The number of hydrogen-bond donors (Lipinski definition) is 0. The van der Waals surface area contributed by atoms with Crippen LogP contribution in [0, 0.1) is 11.6 Å². The Morgan fingerprint density at radius 3 is 2.41 bits per heavy atom. The topological polar surface area (TPSA) is 90.3 Å². The normalized spacial score (nSPS) is 19.9. The molecule has 0 aliphatic carbocycles. The quantitative estimate of drug-likeness (QED) is 0.120. The fourth-order valence-electron chi connectivity index (χ4n) is 7.76. The van der Waals surface area contributed by atoms with Gasteiger partial charge in [-0.25, -0.2) is 26.5 Å². The van der Waals surface area contributed by atoms with Gasteiger partial charge in [-0.1, -0.05) is 18.2 Å². The average Bonchev–Trinajstić information content (AvgIpc) is 3.61. The van der Waals surface area contributed by atoms with E-state index in [1.54, 1.807) is 24.3 Å². The summed E-state index contributed by atoms with van der Waals surface area (Å²) in [5.41, 5.74) is -0.232. The summed E-state index contributed by atoms with van der Waals surface area (Å²) in [6.07, 6.45) is 1.16. The van der Waals surface area contributed by atoms with E-state index in [2.05, 4.69) is 26.5 Å². The molecule has 0 spiro atoms. The Morgan fingerprint density at radius 2 is 1.80 bits per heavy atom. The van der Waals surface area contributed by atoms with Gasteiger partial charge in [0.2, 0.25) is 0 Å². The van der Waals surface area contributed by atoms with E-state index in [4.69, 9.17) is 9.47 Å². The standard InChI is InChI=1S/C40H49F5N6O4S/c1-46-18-14-37(47-2)51(25-29-11-12-33(54-5)24-36(29)55-6)56(52,53)38-34(41)22-32(23-35(38)42)50-19-8-16-39(27-50,49(4)31-15-20-48(3)26-31)17-13-28-9-7-10-30(21-28)40(43,44)45/h7,9-12,14,18,21-24,31H,2,8,13,15-17,19-20,25-27H2,1,3-6H3/b37-14+,46-18-/t31-,39-/m1/s1. The van der Waals surface area contributed by atoms with Crippen molar-refractivity contribution in [3.05, 3.63) is 94.8 Å². The number of anilines is 1. The second kappa shape index (κ2) is 17.7. The monoisotopic (exact) mass is 804 g/mol. The Labute approximate surface area is 326 Å². The number of ether oxygens (including phenoxy) is 2. The van der Waals surface area contributed by atoms with Crippen molar-refractivity contribution in [2.24, 2.45) is 9.98 Å². The first-order valence-corrected chi connectivity index (χ1v) is 19.6. The molecule has 0 bridgehead atoms. The summed E-state index contributed by atoms with van der Waals surface area (Å²) in [6.45, 7) is 5.51. The maximum atomic E-state index is 16.4. The van der Waals surface area contributed by atoms with E-state index in [0.29, 0.717) is 55.6 Å². The van der Waals surface area contributed by atoms with E-state index in [-0.39, 0.29) is 23.3 Å². The number of rotatable bonds is 15. The van der Waals surface area contributed by atoms with E-state index in [0.717, 1.165) is 42.0 Å². The average molecular weight is 805 g/mol. The summed E-state index contributed by atoms with van der Waals surface area (Å²) in [4.78, 5) is 12.9. The third-order valence-electron chi connectivity index (χ3n) is 10.8. The summed E-state index contributed by atoms with van der Waals surface area (Å²) < 4.78 is 114. The van der Waals surface area contributed by atoms with E-state index < -0.39 is 50.4 Å². The molecule has 304 valence electrons. The van der Waals surface area contributed by atoms with Crippen molar-refractivity contribution in [1.82, 2.24) is 14.1 Å². The molecule has 2 aliphatic heterocycles. The first-order valence-electron chi connectivity index (χ1n) is 18.2. The molecule has 56 heavy (non-hydrogen) atoms. The van der Waals surface area contributed by atoms with Crippen molar-refractivity contribution in [2.75, 3.05) is 66.4 Å². The second-order valence-corrected chi connectivity index (χ2v) is 16.1. The SMILES string of the molecule is C=N/C(=C\C=N/C)N(Cc1ccc(OC)cc1OC)S(=O)(=O)c1c(F)cc(N2CCC[C@](CCc3cccc(C(F)(F)F)c3)(N(C)[C@@H]3CCN(C)C3)C2)cc1F. The molecule has 3 aromatic rings. The lowest BCUT2D eigenvalue weighted by Gasteiger charge is -2.51. The van der Waals surface area contributed by atoms with Gasteiger partial charge in [0.15, 0.2) is 4.90 Å². The molecule has 0 N–H and O–H groups in total. The van der Waals surface area contributed by atoms with Crippen LogP contribution in [-0.4, -0.2) is 109 Å². The first kappa shape index (κ1) is 42.6. The Kier molecular flexibility index (Phi) is 13.5. The van der Waals surface area contributed by atoms with Crippen LogP contribution in [0.4, 0.5) is 27.6 Å². The van der Waals surface area contributed by atoms with Gasteiger partial charge in [0.1, 0.15) is 29.0 Å². The summed E-state index contributed by atoms with van der Waals surface area (Å²) in [7, 11) is 3.40. The Morgan fingerprint density at radius 1 is 1.07 bits per heavy atom. The number of aryl methyl sites for hydroxylation is 1. The van der Waals surface area contributed by atoms with Gasteiger partial charge in [-0.3, -0.25) is 9.89 Å². The van der Waals surface area contributed by atoms with Crippen LogP contribution in [0.15, 0.2) is 81.4 Å². The zero-order valence-corrected chi connectivity index (χ0v) is 33.1. The van der Waals surface area contributed by atoms with Crippen LogP contribution in [0.25, 0.3) is 0 Å². The molecule has 2 aliphatic rings. The maximum absolute atomic E-state index is 16.4. The molecular formula is C40H49F5N6O4S. The highest BCUT2D eigenvalue weighted by atomic mass is 32.2. The summed E-state index contributed by atoms with van der Waals surface area (Å²) in [5, 5.41) is 0. The van der Waals surface area contributed by atoms with Crippen molar-refractivity contribution in [2.45, 2.75) is 61.3 Å². The number of piperidine rings is 1. The van der Waals surface area contributed by atoms with Crippen molar-refractivity contribution in [1.29, 1.82) is 0 Å². The van der Waals surface area contributed by atoms with E-state index in [9.17, 15) is 21.6 Å². The first-order chi connectivity index (χ1) is 26.6. The molecule has 16 heteroatoms. The lowest BCUT2D eigenvalue weighted by Crippen LogP contribution is -2.61. The molecule has 2 fully saturated rings. The number of halogens is 5. The highest BCUT2D eigenvalue weighted by molar-refractivity contribution is 7.89. The zero-order valence-electron chi connectivity index (χ0n) is 32.3. The van der Waals surface area contributed by atoms with Gasteiger partial charge in [0, 0.05) is 61.8 Å². The minimum Gasteiger partial charge on any atom is -0.497 e. The Hall–Kier alpha value is -4.54. The number of likely N-dealkylation sites (N-methyl/N-ethyl adjacent to an activating group) is 2. The predicted octanol–water partition coefficient (Wildman–Crippen LogP) is 7.04. The number of allylic oxidation sites excluding steroid dienone is 1. The van der Waals surface area contributed by atoms with Crippen LogP contribution in [-0.2, 0) is 29.2 Å². The molecule has 10 nitrogen and oxygen atoms in total. The highest BCUT2D eigenvalue weighted by Crippen LogP contribution is 2.39. The number of alkyl halides is 3. The minimum atomic E-state index is -4.98. The van der Waals surface area contributed by atoms with Gasteiger partial charge >= 0.3 is 6.18 Å². The number of benzene rings is 3. The van der Waals surface area contributed by atoms with Gasteiger partial charge in [0.05, 0.1) is 26.3 Å². The van der Waals surface area contributed by atoms with E-state index >= 15 is 8.78 Å². The number of hydrogen-bond acceptors (Lipinski definition) is 9. The molecule has 5 rings (SSSR count). The van der Waals surface area contributed by atoms with Gasteiger partial charge in [-0.05, 0) is 101 Å². The molecule has 0 radical (unpaired) electrons. The second-order valence-electron chi connectivity index (χ2n) is 14.3. The highest BCUT2D eigenvalue weighted by Gasteiger charge is 2.43. The van der Waals surface area contributed by atoms with Crippen LogP contribution in [0.3, 0.4) is 0 Å². The Bertz CT molecular complexity index is 2020. The summed E-state index contributed by atoms with van der Waals surface area (Å²) in [5.74, 6) is -2.12. The van der Waals surface area contributed by atoms with Crippen molar-refractivity contribution in [3.8, 4) is 11.5 Å². The number of nitrogens with zero attached hydrogens (tertiary/aromatic N) is 6. The smallest absolute Gasteiger partial charge is 0.416 e. The molecule has 0 amide bonds. The van der Waals surface area contributed by atoms with E-state index in [1.165, 1.54) is 45.7 Å². The zero-order chi connectivity index (χ0) is 40.8. The largest absolute Gasteiger partial charge is 0.497 e. The van der Waals surface area contributed by atoms with Crippen molar-refractivity contribution < 1.29 is 39.8 Å². The fourth-order valence-corrected chi connectivity index (χ4v) is 9.27. The van der Waals surface area contributed by atoms with Gasteiger partial charge in [-0.15, -0.1) is 0 Å². The van der Waals surface area contributed by atoms with Crippen LogP contribution in [0.5, 0.6) is 11.5 Å². The molecular weight excluding hydrogens is 756 g/mol. The third kappa shape index (κ3) is 9.35.